The van der Waals surface area contributed by atoms with Gasteiger partial charge in [-0.2, -0.15) is 5.26 Å². The number of amides is 1. The van der Waals surface area contributed by atoms with Gasteiger partial charge in [0.2, 0.25) is 0 Å². The molecule has 0 aromatic heterocycles. The highest BCUT2D eigenvalue weighted by Crippen LogP contribution is 2.27. The first-order chi connectivity index (χ1) is 14.2. The van der Waals surface area contributed by atoms with Crippen LogP contribution in [0.1, 0.15) is 36.0 Å². The van der Waals surface area contributed by atoms with Crippen molar-refractivity contribution in [3.8, 4) is 11.8 Å². The van der Waals surface area contributed by atoms with Crippen molar-refractivity contribution in [2.24, 2.45) is 0 Å². The van der Waals surface area contributed by atoms with Crippen LogP contribution in [0.5, 0.6) is 5.75 Å². The molecule has 0 saturated carbocycles. The maximum atomic E-state index is 12.4. The number of nitriles is 1. The molecule has 1 atom stereocenters. The second kappa shape index (κ2) is 10.1. The van der Waals surface area contributed by atoms with Crippen LogP contribution in [0.2, 0.25) is 0 Å². The van der Waals surface area contributed by atoms with Crippen molar-refractivity contribution >= 4 is 5.91 Å². The zero-order valence-electron chi connectivity index (χ0n) is 16.4. The summed E-state index contributed by atoms with van der Waals surface area (Å²) in [6.07, 6.45) is 0.179. The number of nitrogens with zero attached hydrogens (tertiary/aromatic N) is 1. The molecule has 0 saturated heterocycles. The van der Waals surface area contributed by atoms with Crippen molar-refractivity contribution in [1.82, 2.24) is 5.32 Å². The second-order valence-electron chi connectivity index (χ2n) is 6.85. The number of benzene rings is 3. The van der Waals surface area contributed by atoms with Crippen molar-refractivity contribution in [2.45, 2.75) is 25.4 Å². The molecule has 0 spiro atoms. The minimum Gasteiger partial charge on any atom is -0.481 e. The smallest absolute Gasteiger partial charge is 0.260 e. The Kier molecular flexibility index (Phi) is 7.02. The summed E-state index contributed by atoms with van der Waals surface area (Å²) in [5.41, 5.74) is 3.02. The first kappa shape index (κ1) is 20.2. The SMILES string of the molecule is C[C@H](Oc1ccc(C#N)cc1)C(=O)NCCC(c1ccccc1)c1ccccc1. The summed E-state index contributed by atoms with van der Waals surface area (Å²) in [6, 6.07) is 29.5. The van der Waals surface area contributed by atoms with E-state index in [-0.39, 0.29) is 11.8 Å². The van der Waals surface area contributed by atoms with E-state index >= 15 is 0 Å². The number of ether oxygens (including phenoxy) is 1. The first-order valence-corrected chi connectivity index (χ1v) is 9.72. The van der Waals surface area contributed by atoms with Crippen molar-refractivity contribution in [2.75, 3.05) is 6.54 Å². The van der Waals surface area contributed by atoms with Gasteiger partial charge in [0.1, 0.15) is 5.75 Å². The summed E-state index contributed by atoms with van der Waals surface area (Å²) in [5, 5.41) is 11.8. The van der Waals surface area contributed by atoms with Crippen molar-refractivity contribution < 1.29 is 9.53 Å². The molecule has 4 nitrogen and oxygen atoms in total. The average Bonchev–Trinajstić information content (AvgIpc) is 2.78. The molecular weight excluding hydrogens is 360 g/mol. The molecule has 0 aliphatic heterocycles. The van der Waals surface area contributed by atoms with Crippen LogP contribution in [0.3, 0.4) is 0 Å². The summed E-state index contributed by atoms with van der Waals surface area (Å²) in [6.45, 7) is 2.27. The van der Waals surface area contributed by atoms with Gasteiger partial charge in [0.05, 0.1) is 11.6 Å². The van der Waals surface area contributed by atoms with Crippen LogP contribution >= 0.6 is 0 Å². The third kappa shape index (κ3) is 5.70. The lowest BCUT2D eigenvalue weighted by Crippen LogP contribution is -2.37. The molecule has 0 fully saturated rings. The lowest BCUT2D eigenvalue weighted by molar-refractivity contribution is -0.127. The van der Waals surface area contributed by atoms with E-state index < -0.39 is 6.10 Å². The highest BCUT2D eigenvalue weighted by molar-refractivity contribution is 5.80. The topological polar surface area (TPSA) is 62.1 Å². The molecular formula is C25H24N2O2. The Hall–Kier alpha value is -3.58. The molecule has 3 rings (SSSR count). The van der Waals surface area contributed by atoms with Crippen LogP contribution in [0.15, 0.2) is 84.9 Å². The predicted octanol–water partition coefficient (Wildman–Crippen LogP) is 4.66. The number of hydrogen-bond donors (Lipinski definition) is 1. The number of carbonyl (C=O) groups excluding carboxylic acids is 1. The molecule has 4 heteroatoms. The van der Waals surface area contributed by atoms with Crippen molar-refractivity contribution in [1.29, 1.82) is 5.26 Å². The van der Waals surface area contributed by atoms with Gasteiger partial charge in [0, 0.05) is 12.5 Å². The Labute approximate surface area is 171 Å². The summed E-state index contributed by atoms with van der Waals surface area (Å²) < 4.78 is 5.68. The quantitative estimate of drug-likeness (QED) is 0.614. The molecule has 0 aliphatic rings. The molecule has 29 heavy (non-hydrogen) atoms. The summed E-state index contributed by atoms with van der Waals surface area (Å²) in [7, 11) is 0. The fourth-order valence-corrected chi connectivity index (χ4v) is 3.25. The van der Waals surface area contributed by atoms with Gasteiger partial charge in [-0.05, 0) is 48.7 Å². The maximum absolute atomic E-state index is 12.4. The second-order valence-corrected chi connectivity index (χ2v) is 6.85. The van der Waals surface area contributed by atoms with E-state index in [1.807, 2.05) is 36.4 Å². The number of rotatable bonds is 8. The van der Waals surface area contributed by atoms with Crippen LogP contribution in [0, 0.1) is 11.3 Å². The number of hydrogen-bond acceptors (Lipinski definition) is 3. The van der Waals surface area contributed by atoms with Gasteiger partial charge in [0.15, 0.2) is 6.10 Å². The first-order valence-electron chi connectivity index (χ1n) is 9.72. The molecule has 0 radical (unpaired) electrons. The zero-order chi connectivity index (χ0) is 20.5. The Morgan fingerprint density at radius 2 is 1.48 bits per heavy atom. The van der Waals surface area contributed by atoms with Gasteiger partial charge in [-0.3, -0.25) is 4.79 Å². The van der Waals surface area contributed by atoms with Crippen LogP contribution in [0.4, 0.5) is 0 Å². The molecule has 0 aliphatic carbocycles. The van der Waals surface area contributed by atoms with E-state index in [0.29, 0.717) is 17.9 Å². The lowest BCUT2D eigenvalue weighted by atomic mass is 9.88. The van der Waals surface area contributed by atoms with Gasteiger partial charge in [-0.25, -0.2) is 0 Å². The summed E-state index contributed by atoms with van der Waals surface area (Å²) in [5.74, 6) is 0.625. The average molecular weight is 384 g/mol. The third-order valence-corrected chi connectivity index (χ3v) is 4.80. The fourth-order valence-electron chi connectivity index (χ4n) is 3.25. The summed E-state index contributed by atoms with van der Waals surface area (Å²) in [4.78, 5) is 12.4. The van der Waals surface area contributed by atoms with Gasteiger partial charge >= 0.3 is 0 Å². The standard InChI is InChI=1S/C25H24N2O2/c1-19(29-23-14-12-20(18-26)13-15-23)25(28)27-17-16-24(21-8-4-2-5-9-21)22-10-6-3-7-11-22/h2-15,19,24H,16-17H2,1H3,(H,27,28)/t19-/m0/s1. The molecule has 146 valence electrons. The van der Waals surface area contributed by atoms with Crippen molar-refractivity contribution in [3.63, 3.8) is 0 Å². The maximum Gasteiger partial charge on any atom is 0.260 e. The Morgan fingerprint density at radius 1 is 0.931 bits per heavy atom. The largest absolute Gasteiger partial charge is 0.481 e. The van der Waals surface area contributed by atoms with Crippen LogP contribution in [-0.4, -0.2) is 18.6 Å². The van der Waals surface area contributed by atoms with Crippen LogP contribution in [-0.2, 0) is 4.79 Å². The predicted molar refractivity (Wildman–Crippen MR) is 114 cm³/mol. The fraction of sp³-hybridized carbons (Fsp3) is 0.200. The minimum absolute atomic E-state index is 0.158. The number of nitrogens with one attached hydrogen (secondary N) is 1. The van der Waals surface area contributed by atoms with E-state index in [4.69, 9.17) is 10.00 Å². The third-order valence-electron chi connectivity index (χ3n) is 4.80. The van der Waals surface area contributed by atoms with Crippen LogP contribution < -0.4 is 10.1 Å². The van der Waals surface area contributed by atoms with Crippen LogP contribution in [0.25, 0.3) is 0 Å². The minimum atomic E-state index is -0.616. The van der Waals surface area contributed by atoms with Gasteiger partial charge in [-0.1, -0.05) is 60.7 Å². The highest BCUT2D eigenvalue weighted by Gasteiger charge is 2.17. The lowest BCUT2D eigenvalue weighted by Gasteiger charge is -2.20. The van der Waals surface area contributed by atoms with E-state index in [1.54, 1.807) is 31.2 Å². The molecule has 1 amide bonds. The van der Waals surface area contributed by atoms with E-state index in [9.17, 15) is 4.79 Å². The Balaban J connectivity index is 1.57. The normalized spacial score (nSPS) is 11.5. The molecule has 1 N–H and O–H groups in total. The van der Waals surface area contributed by atoms with E-state index in [2.05, 4.69) is 35.7 Å². The van der Waals surface area contributed by atoms with E-state index in [0.717, 1.165) is 6.42 Å². The molecule has 3 aromatic rings. The molecule has 0 unspecified atom stereocenters. The van der Waals surface area contributed by atoms with Crippen molar-refractivity contribution in [3.05, 3.63) is 102 Å². The molecule has 0 bridgehead atoms. The van der Waals surface area contributed by atoms with Gasteiger partial charge < -0.3 is 10.1 Å². The number of carbonyl (C=O) groups is 1. The highest BCUT2D eigenvalue weighted by atomic mass is 16.5. The van der Waals surface area contributed by atoms with Gasteiger partial charge in [0.25, 0.3) is 5.91 Å². The Bertz CT molecular complexity index is 908. The zero-order valence-corrected chi connectivity index (χ0v) is 16.4. The molecule has 3 aromatic carbocycles. The molecule has 0 heterocycles. The summed E-state index contributed by atoms with van der Waals surface area (Å²) >= 11 is 0. The van der Waals surface area contributed by atoms with E-state index in [1.165, 1.54) is 11.1 Å². The van der Waals surface area contributed by atoms with Gasteiger partial charge in [-0.15, -0.1) is 0 Å². The monoisotopic (exact) mass is 384 g/mol. The Morgan fingerprint density at radius 3 is 2.00 bits per heavy atom.